The lowest BCUT2D eigenvalue weighted by Crippen LogP contribution is -2.25. The van der Waals surface area contributed by atoms with Crippen LogP contribution in [-0.2, 0) is 4.79 Å². The maximum absolute atomic E-state index is 12.1. The van der Waals surface area contributed by atoms with E-state index in [2.05, 4.69) is 10.5 Å². The molecule has 0 radical (unpaired) electrons. The molecule has 0 unspecified atom stereocenters. The Kier molecular flexibility index (Phi) is 6.18. The highest BCUT2D eigenvalue weighted by Gasteiger charge is 2.16. The third-order valence-electron chi connectivity index (χ3n) is 4.12. The molecule has 0 saturated carbocycles. The fourth-order valence-electron chi connectivity index (χ4n) is 2.75. The average Bonchev–Trinajstić information content (AvgIpc) is 2.72. The molecule has 5 nitrogen and oxygen atoms in total. The fourth-order valence-corrected chi connectivity index (χ4v) is 2.75. The monoisotopic (exact) mass is 362 g/mol. The van der Waals surface area contributed by atoms with E-state index in [0.717, 1.165) is 22.8 Å². The zero-order valence-electron chi connectivity index (χ0n) is 15.1. The molecular weight excluding hydrogens is 340 g/mol. The molecule has 3 aromatic rings. The van der Waals surface area contributed by atoms with E-state index < -0.39 is 12.0 Å². The number of aliphatic hydroxyl groups excluding tert-OH is 1. The summed E-state index contributed by atoms with van der Waals surface area (Å²) >= 11 is 0. The minimum absolute atomic E-state index is 0.516. The van der Waals surface area contributed by atoms with E-state index in [9.17, 15) is 9.90 Å². The minimum atomic E-state index is -1.27. The second-order valence-corrected chi connectivity index (χ2v) is 6.09. The Balaban J connectivity index is 1.81. The van der Waals surface area contributed by atoms with Crippen LogP contribution < -0.4 is 10.2 Å². The van der Waals surface area contributed by atoms with Crippen LogP contribution in [0.15, 0.2) is 71.8 Å². The van der Waals surface area contributed by atoms with E-state index in [4.69, 9.17) is 4.74 Å². The van der Waals surface area contributed by atoms with Gasteiger partial charge in [0, 0.05) is 5.56 Å². The number of hydrazone groups is 1. The summed E-state index contributed by atoms with van der Waals surface area (Å²) in [4.78, 5) is 12.1. The van der Waals surface area contributed by atoms with Gasteiger partial charge in [0.05, 0.1) is 12.8 Å². The Morgan fingerprint density at radius 3 is 2.63 bits per heavy atom. The first-order valence-electron chi connectivity index (χ1n) is 8.91. The number of nitrogens with one attached hydrogen (secondary N) is 1. The minimum Gasteiger partial charge on any atom is -0.493 e. The van der Waals surface area contributed by atoms with Crippen LogP contribution in [-0.4, -0.2) is 23.8 Å². The largest absolute Gasteiger partial charge is 0.493 e. The summed E-state index contributed by atoms with van der Waals surface area (Å²) in [6, 6.07) is 20.5. The van der Waals surface area contributed by atoms with Gasteiger partial charge in [-0.1, -0.05) is 67.6 Å². The molecule has 1 amide bonds. The second-order valence-electron chi connectivity index (χ2n) is 6.09. The van der Waals surface area contributed by atoms with Crippen molar-refractivity contribution >= 4 is 22.9 Å². The van der Waals surface area contributed by atoms with Crippen molar-refractivity contribution in [2.45, 2.75) is 19.4 Å². The van der Waals surface area contributed by atoms with Gasteiger partial charge in [-0.25, -0.2) is 5.43 Å². The molecule has 0 saturated heterocycles. The van der Waals surface area contributed by atoms with Crippen LogP contribution in [0.4, 0.5) is 0 Å². The van der Waals surface area contributed by atoms with Gasteiger partial charge >= 0.3 is 0 Å². The third kappa shape index (κ3) is 4.51. The zero-order valence-corrected chi connectivity index (χ0v) is 15.1. The molecule has 0 heterocycles. The molecule has 0 aromatic heterocycles. The molecule has 1 atom stereocenters. The Labute approximate surface area is 158 Å². The van der Waals surface area contributed by atoms with Crippen LogP contribution in [0.2, 0.25) is 0 Å². The summed E-state index contributed by atoms with van der Waals surface area (Å²) < 4.78 is 5.82. The highest BCUT2D eigenvalue weighted by molar-refractivity contribution is 6.02. The van der Waals surface area contributed by atoms with Gasteiger partial charge in [-0.05, 0) is 28.8 Å². The number of aliphatic hydroxyl groups is 1. The number of hydrogen-bond donors (Lipinski definition) is 2. The van der Waals surface area contributed by atoms with Gasteiger partial charge in [0.2, 0.25) is 0 Å². The highest BCUT2D eigenvalue weighted by atomic mass is 16.5. The molecule has 138 valence electrons. The molecule has 27 heavy (non-hydrogen) atoms. The van der Waals surface area contributed by atoms with Crippen LogP contribution in [0, 0.1) is 0 Å². The number of carbonyl (C=O) groups excluding carboxylic acids is 1. The van der Waals surface area contributed by atoms with Crippen molar-refractivity contribution in [3.63, 3.8) is 0 Å². The van der Waals surface area contributed by atoms with Gasteiger partial charge in [0.25, 0.3) is 5.91 Å². The molecule has 2 N–H and O–H groups in total. The molecule has 0 fully saturated rings. The summed E-state index contributed by atoms with van der Waals surface area (Å²) in [7, 11) is 0. The zero-order chi connectivity index (χ0) is 19.1. The van der Waals surface area contributed by atoms with Gasteiger partial charge < -0.3 is 9.84 Å². The lowest BCUT2D eigenvalue weighted by atomic mass is 10.0. The maximum Gasteiger partial charge on any atom is 0.273 e. The van der Waals surface area contributed by atoms with Gasteiger partial charge in [0.1, 0.15) is 5.75 Å². The van der Waals surface area contributed by atoms with E-state index >= 15 is 0 Å². The Morgan fingerprint density at radius 2 is 1.85 bits per heavy atom. The van der Waals surface area contributed by atoms with E-state index in [-0.39, 0.29) is 0 Å². The molecule has 5 heteroatoms. The van der Waals surface area contributed by atoms with Crippen LogP contribution in [0.5, 0.6) is 5.75 Å². The van der Waals surface area contributed by atoms with Gasteiger partial charge in [0.15, 0.2) is 6.10 Å². The van der Waals surface area contributed by atoms with Crippen LogP contribution in [0.25, 0.3) is 10.8 Å². The van der Waals surface area contributed by atoms with Gasteiger partial charge in [-0.2, -0.15) is 5.10 Å². The third-order valence-corrected chi connectivity index (χ3v) is 4.12. The Morgan fingerprint density at radius 1 is 1.11 bits per heavy atom. The predicted octanol–water partition coefficient (Wildman–Crippen LogP) is 3.81. The number of benzene rings is 3. The smallest absolute Gasteiger partial charge is 0.273 e. The standard InChI is InChI=1S/C22H22N2O3/c1-2-14-27-20-13-12-16-8-6-7-11-18(16)19(20)15-23-24-22(26)21(25)17-9-4-3-5-10-17/h3-13,15,21,25H,2,14H2,1H3,(H,24,26)/b23-15-/t21-/m0/s1. The van der Waals surface area contributed by atoms with E-state index in [1.54, 1.807) is 30.5 Å². The normalized spacial score (nSPS) is 12.2. The quantitative estimate of drug-likeness (QED) is 0.496. The lowest BCUT2D eigenvalue weighted by Gasteiger charge is -2.11. The molecule has 0 aliphatic rings. The number of fused-ring (bicyclic) bond motifs is 1. The Bertz CT molecular complexity index is 939. The lowest BCUT2D eigenvalue weighted by molar-refractivity contribution is -0.129. The maximum atomic E-state index is 12.1. The first kappa shape index (κ1) is 18.6. The number of amides is 1. The molecule has 0 spiro atoms. The first-order chi connectivity index (χ1) is 13.2. The number of carbonyl (C=O) groups is 1. The fraction of sp³-hybridized carbons (Fsp3) is 0.182. The van der Waals surface area contributed by atoms with Crippen molar-refractivity contribution in [1.29, 1.82) is 0 Å². The van der Waals surface area contributed by atoms with Crippen molar-refractivity contribution in [1.82, 2.24) is 5.43 Å². The molecule has 0 aliphatic carbocycles. The number of hydrogen-bond acceptors (Lipinski definition) is 4. The van der Waals surface area contributed by atoms with E-state index in [0.29, 0.717) is 17.9 Å². The van der Waals surface area contributed by atoms with Crippen molar-refractivity contribution in [2.24, 2.45) is 5.10 Å². The molecular formula is C22H22N2O3. The highest BCUT2D eigenvalue weighted by Crippen LogP contribution is 2.26. The van der Waals surface area contributed by atoms with E-state index in [1.165, 1.54) is 0 Å². The van der Waals surface area contributed by atoms with Crippen LogP contribution in [0.3, 0.4) is 0 Å². The second kappa shape index (κ2) is 8.96. The van der Waals surface area contributed by atoms with Crippen LogP contribution in [0.1, 0.15) is 30.6 Å². The van der Waals surface area contributed by atoms with Crippen molar-refractivity contribution in [3.8, 4) is 5.75 Å². The number of rotatable bonds is 7. The summed E-state index contributed by atoms with van der Waals surface area (Å²) in [5.41, 5.74) is 3.71. The van der Waals surface area contributed by atoms with E-state index in [1.807, 2.05) is 49.4 Å². The molecule has 3 aromatic carbocycles. The summed E-state index contributed by atoms with van der Waals surface area (Å²) in [5, 5.41) is 16.2. The molecule has 0 bridgehead atoms. The Hall–Kier alpha value is -3.18. The van der Waals surface area contributed by atoms with Crippen molar-refractivity contribution in [2.75, 3.05) is 6.61 Å². The number of nitrogens with zero attached hydrogens (tertiary/aromatic N) is 1. The molecule has 3 rings (SSSR count). The molecule has 0 aliphatic heterocycles. The summed E-state index contributed by atoms with van der Waals surface area (Å²) in [6.07, 6.45) is 1.18. The van der Waals surface area contributed by atoms with Gasteiger partial charge in [-0.3, -0.25) is 4.79 Å². The summed E-state index contributed by atoms with van der Waals surface area (Å²) in [5.74, 6) is 0.117. The number of ether oxygens (including phenoxy) is 1. The predicted molar refractivity (Wildman–Crippen MR) is 107 cm³/mol. The summed E-state index contributed by atoms with van der Waals surface area (Å²) in [6.45, 7) is 2.64. The first-order valence-corrected chi connectivity index (χ1v) is 8.91. The van der Waals surface area contributed by atoms with Crippen molar-refractivity contribution < 1.29 is 14.6 Å². The van der Waals surface area contributed by atoms with Crippen molar-refractivity contribution in [3.05, 3.63) is 77.9 Å². The average molecular weight is 362 g/mol. The van der Waals surface area contributed by atoms with Gasteiger partial charge in [-0.15, -0.1) is 0 Å². The van der Waals surface area contributed by atoms with Crippen LogP contribution >= 0.6 is 0 Å². The topological polar surface area (TPSA) is 70.9 Å². The SMILES string of the molecule is CCCOc1ccc2ccccc2c1/C=N\NC(=O)[C@@H](O)c1ccccc1.